The van der Waals surface area contributed by atoms with Crippen LogP contribution in [0.2, 0.25) is 0 Å². The predicted octanol–water partition coefficient (Wildman–Crippen LogP) is 2.33. The van der Waals surface area contributed by atoms with E-state index in [0.29, 0.717) is 6.04 Å². The summed E-state index contributed by atoms with van der Waals surface area (Å²) in [4.78, 5) is 0. The van der Waals surface area contributed by atoms with Crippen LogP contribution in [0.25, 0.3) is 0 Å². The summed E-state index contributed by atoms with van der Waals surface area (Å²) in [6.45, 7) is 1.98. The van der Waals surface area contributed by atoms with Crippen molar-refractivity contribution in [2.24, 2.45) is 5.73 Å². The van der Waals surface area contributed by atoms with Crippen LogP contribution in [0.3, 0.4) is 0 Å². The van der Waals surface area contributed by atoms with Crippen LogP contribution in [-0.4, -0.2) is 27.3 Å². The van der Waals surface area contributed by atoms with Crippen molar-refractivity contribution in [1.29, 1.82) is 0 Å². The van der Waals surface area contributed by atoms with Crippen molar-refractivity contribution in [3.8, 4) is 5.75 Å². The standard InChI is InChI=1S/C14H19N5OS/c1-9(15)10-3-6-13(20-2)11(7-10)8-21-14-16-17-18-19(14)12-4-5-12/h3,6-7,9,12H,4-5,8,15H2,1-2H3. The average Bonchev–Trinajstić information content (AvgIpc) is 3.23. The quantitative estimate of drug-likeness (QED) is 0.825. The normalized spacial score (nSPS) is 16.0. The lowest BCUT2D eigenvalue weighted by Crippen LogP contribution is -2.06. The molecule has 2 N–H and O–H groups in total. The molecule has 0 radical (unpaired) electrons. The largest absolute Gasteiger partial charge is 0.496 e. The van der Waals surface area contributed by atoms with Crippen LogP contribution in [0.15, 0.2) is 23.4 Å². The minimum absolute atomic E-state index is 0.0106. The zero-order valence-electron chi connectivity index (χ0n) is 12.2. The lowest BCUT2D eigenvalue weighted by molar-refractivity contribution is 0.411. The van der Waals surface area contributed by atoms with Crippen LogP contribution in [0.5, 0.6) is 5.75 Å². The molecule has 112 valence electrons. The van der Waals surface area contributed by atoms with Crippen molar-refractivity contribution in [2.75, 3.05) is 7.11 Å². The SMILES string of the molecule is COc1ccc(C(C)N)cc1CSc1nnnn1C1CC1. The first-order valence-electron chi connectivity index (χ1n) is 7.02. The molecule has 0 amide bonds. The Balaban J connectivity index is 1.77. The molecule has 7 heteroatoms. The van der Waals surface area contributed by atoms with Crippen molar-refractivity contribution < 1.29 is 4.74 Å². The fourth-order valence-electron chi connectivity index (χ4n) is 2.17. The van der Waals surface area contributed by atoms with Gasteiger partial charge in [0.25, 0.3) is 0 Å². The van der Waals surface area contributed by atoms with Crippen LogP contribution in [0.1, 0.15) is 43.0 Å². The van der Waals surface area contributed by atoms with Crippen LogP contribution < -0.4 is 10.5 Å². The topological polar surface area (TPSA) is 78.8 Å². The summed E-state index contributed by atoms with van der Waals surface area (Å²) in [5.41, 5.74) is 8.17. The smallest absolute Gasteiger partial charge is 0.209 e. The Morgan fingerprint density at radius 1 is 1.48 bits per heavy atom. The number of thioether (sulfide) groups is 1. The summed E-state index contributed by atoms with van der Waals surface area (Å²) >= 11 is 1.63. The summed E-state index contributed by atoms with van der Waals surface area (Å²) in [5, 5.41) is 12.8. The van der Waals surface area contributed by atoms with Crippen LogP contribution in [0.4, 0.5) is 0 Å². The zero-order chi connectivity index (χ0) is 14.8. The van der Waals surface area contributed by atoms with E-state index in [1.807, 2.05) is 23.7 Å². The number of methoxy groups -OCH3 is 1. The molecule has 1 aliphatic carbocycles. The molecule has 0 aliphatic heterocycles. The van der Waals surface area contributed by atoms with Gasteiger partial charge in [-0.25, -0.2) is 4.68 Å². The highest BCUT2D eigenvalue weighted by atomic mass is 32.2. The Kier molecular flexibility index (Phi) is 4.12. The number of nitrogens with two attached hydrogens (primary N) is 1. The molecule has 2 aromatic rings. The molecule has 1 aromatic carbocycles. The average molecular weight is 305 g/mol. The lowest BCUT2D eigenvalue weighted by atomic mass is 10.1. The molecule has 1 aliphatic rings. The van der Waals surface area contributed by atoms with Crippen molar-refractivity contribution in [3.63, 3.8) is 0 Å². The van der Waals surface area contributed by atoms with Crippen molar-refractivity contribution in [3.05, 3.63) is 29.3 Å². The maximum Gasteiger partial charge on any atom is 0.209 e. The van der Waals surface area contributed by atoms with Gasteiger partial charge in [0.05, 0.1) is 13.2 Å². The van der Waals surface area contributed by atoms with Gasteiger partial charge >= 0.3 is 0 Å². The van der Waals surface area contributed by atoms with E-state index >= 15 is 0 Å². The van der Waals surface area contributed by atoms with Crippen molar-refractivity contribution >= 4 is 11.8 Å². The number of rotatable bonds is 6. The maximum absolute atomic E-state index is 5.95. The number of hydrogen-bond acceptors (Lipinski definition) is 6. The zero-order valence-corrected chi connectivity index (χ0v) is 13.0. The van der Waals surface area contributed by atoms with Crippen molar-refractivity contribution in [1.82, 2.24) is 20.2 Å². The first-order chi connectivity index (χ1) is 10.2. The van der Waals surface area contributed by atoms with E-state index in [1.165, 1.54) is 12.8 Å². The number of ether oxygens (including phenoxy) is 1. The van der Waals surface area contributed by atoms with Crippen LogP contribution in [0, 0.1) is 0 Å². The molecule has 1 unspecified atom stereocenters. The minimum Gasteiger partial charge on any atom is -0.496 e. The highest BCUT2D eigenvalue weighted by Crippen LogP contribution is 2.37. The molecule has 1 fully saturated rings. The minimum atomic E-state index is 0.0106. The highest BCUT2D eigenvalue weighted by molar-refractivity contribution is 7.98. The number of tetrazole rings is 1. The third-order valence-electron chi connectivity index (χ3n) is 3.54. The molecule has 0 saturated heterocycles. The second kappa shape index (κ2) is 6.03. The van der Waals surface area contributed by atoms with Gasteiger partial charge in [0.1, 0.15) is 5.75 Å². The summed E-state index contributed by atoms with van der Waals surface area (Å²) < 4.78 is 7.35. The molecule has 1 saturated carbocycles. The molecule has 0 spiro atoms. The number of aromatic nitrogens is 4. The van der Waals surface area contributed by atoms with Gasteiger partial charge in [-0.3, -0.25) is 0 Å². The van der Waals surface area contributed by atoms with E-state index in [-0.39, 0.29) is 6.04 Å². The number of benzene rings is 1. The Bertz CT molecular complexity index is 624. The van der Waals surface area contributed by atoms with Gasteiger partial charge in [-0.2, -0.15) is 0 Å². The summed E-state index contributed by atoms with van der Waals surface area (Å²) in [7, 11) is 1.68. The van der Waals surface area contributed by atoms with Gasteiger partial charge in [0.2, 0.25) is 5.16 Å². The summed E-state index contributed by atoms with van der Waals surface area (Å²) in [6.07, 6.45) is 2.34. The van der Waals surface area contributed by atoms with Gasteiger partial charge in [0, 0.05) is 17.4 Å². The number of hydrogen-bond donors (Lipinski definition) is 1. The molecular formula is C14H19N5OS. The first kappa shape index (κ1) is 14.3. The highest BCUT2D eigenvalue weighted by Gasteiger charge is 2.27. The Morgan fingerprint density at radius 3 is 2.95 bits per heavy atom. The van der Waals surface area contributed by atoms with Crippen LogP contribution >= 0.6 is 11.8 Å². The van der Waals surface area contributed by atoms with Gasteiger partial charge in [-0.05, 0) is 47.9 Å². The maximum atomic E-state index is 5.95. The van der Waals surface area contributed by atoms with E-state index in [9.17, 15) is 0 Å². The molecule has 21 heavy (non-hydrogen) atoms. The Morgan fingerprint density at radius 2 is 2.29 bits per heavy atom. The second-order valence-corrected chi connectivity index (χ2v) is 6.23. The van der Waals surface area contributed by atoms with Gasteiger partial charge < -0.3 is 10.5 Å². The molecule has 1 heterocycles. The van der Waals surface area contributed by atoms with Gasteiger partial charge in [0.15, 0.2) is 0 Å². The molecule has 3 rings (SSSR count). The third kappa shape index (κ3) is 3.19. The Labute approximate surface area is 128 Å². The fourth-order valence-corrected chi connectivity index (χ4v) is 3.09. The predicted molar refractivity (Wildman–Crippen MR) is 81.2 cm³/mol. The molecule has 1 aromatic heterocycles. The third-order valence-corrected chi connectivity index (χ3v) is 4.52. The first-order valence-corrected chi connectivity index (χ1v) is 8.00. The fraction of sp³-hybridized carbons (Fsp3) is 0.500. The molecular weight excluding hydrogens is 286 g/mol. The van der Waals surface area contributed by atoms with Crippen molar-refractivity contribution in [2.45, 2.75) is 42.8 Å². The van der Waals surface area contributed by atoms with Gasteiger partial charge in [-0.1, -0.05) is 17.8 Å². The van der Waals surface area contributed by atoms with E-state index in [1.54, 1.807) is 18.9 Å². The van der Waals surface area contributed by atoms with Gasteiger partial charge in [-0.15, -0.1) is 5.10 Å². The summed E-state index contributed by atoms with van der Waals surface area (Å²) in [5.74, 6) is 1.63. The summed E-state index contributed by atoms with van der Waals surface area (Å²) in [6, 6.07) is 6.57. The van der Waals surface area contributed by atoms with E-state index in [2.05, 4.69) is 21.6 Å². The Hall–Kier alpha value is -1.60. The van der Waals surface area contributed by atoms with Crippen LogP contribution in [-0.2, 0) is 5.75 Å². The molecule has 1 atom stereocenters. The van der Waals surface area contributed by atoms with E-state index < -0.39 is 0 Å². The monoisotopic (exact) mass is 305 g/mol. The van der Waals surface area contributed by atoms with E-state index in [0.717, 1.165) is 27.8 Å². The van der Waals surface area contributed by atoms with E-state index in [4.69, 9.17) is 10.5 Å². The number of nitrogens with zero attached hydrogens (tertiary/aromatic N) is 4. The molecule has 0 bridgehead atoms. The lowest BCUT2D eigenvalue weighted by Gasteiger charge is -2.12. The second-order valence-electron chi connectivity index (χ2n) is 5.29. The molecule has 6 nitrogen and oxygen atoms in total.